The molecule has 184 valence electrons. The summed E-state index contributed by atoms with van der Waals surface area (Å²) in [6, 6.07) is 15.4. The van der Waals surface area contributed by atoms with E-state index in [1.54, 1.807) is 12.1 Å². The fourth-order valence-electron chi connectivity index (χ4n) is 4.49. The third-order valence-corrected chi connectivity index (χ3v) is 6.30. The van der Waals surface area contributed by atoms with Gasteiger partial charge in [-0.15, -0.1) is 5.10 Å². The second-order valence-corrected chi connectivity index (χ2v) is 9.66. The molecule has 1 amide bonds. The molecule has 4 aromatic rings. The van der Waals surface area contributed by atoms with E-state index in [9.17, 15) is 9.59 Å². The van der Waals surface area contributed by atoms with Crippen molar-refractivity contribution >= 4 is 27.8 Å². The second-order valence-electron chi connectivity index (χ2n) is 9.66. The van der Waals surface area contributed by atoms with Gasteiger partial charge in [0.25, 0.3) is 5.56 Å². The van der Waals surface area contributed by atoms with Crippen molar-refractivity contribution in [2.45, 2.75) is 72.0 Å². The van der Waals surface area contributed by atoms with Gasteiger partial charge in [0.05, 0.1) is 22.5 Å². The standard InChI is InChI=1S/C27H34N6O2/c1-18(2)25(26-28-22-14-9-10-15-23(22)33(26)19(3)4)29-24(34)16-6-5-11-17-32-27(35)20-12-7-8-13-21(20)30-31-32/h7-10,12-15,18-19,25H,5-6,11,16-17H2,1-4H3,(H,29,34)/t25-/m1/s1. The van der Waals surface area contributed by atoms with E-state index in [1.807, 2.05) is 30.3 Å². The van der Waals surface area contributed by atoms with Gasteiger partial charge in [-0.2, -0.15) is 0 Å². The van der Waals surface area contributed by atoms with Gasteiger partial charge in [-0.1, -0.05) is 49.7 Å². The molecule has 0 saturated heterocycles. The molecule has 0 radical (unpaired) electrons. The van der Waals surface area contributed by atoms with Gasteiger partial charge in [-0.3, -0.25) is 9.59 Å². The number of imidazole rings is 1. The van der Waals surface area contributed by atoms with Crippen LogP contribution in [-0.4, -0.2) is 30.5 Å². The highest BCUT2D eigenvalue weighted by molar-refractivity contribution is 5.78. The fraction of sp³-hybridized carbons (Fsp3) is 0.444. The van der Waals surface area contributed by atoms with Gasteiger partial charge in [-0.25, -0.2) is 9.67 Å². The highest BCUT2D eigenvalue weighted by Crippen LogP contribution is 2.29. The van der Waals surface area contributed by atoms with E-state index in [4.69, 9.17) is 4.98 Å². The maximum atomic E-state index is 12.8. The lowest BCUT2D eigenvalue weighted by Gasteiger charge is -2.25. The molecule has 35 heavy (non-hydrogen) atoms. The molecule has 0 fully saturated rings. The molecule has 0 aliphatic carbocycles. The number of aromatic nitrogens is 5. The summed E-state index contributed by atoms with van der Waals surface area (Å²) in [5, 5.41) is 12.0. The molecule has 8 heteroatoms. The highest BCUT2D eigenvalue weighted by atomic mass is 16.1. The molecular weight excluding hydrogens is 440 g/mol. The van der Waals surface area contributed by atoms with E-state index in [0.29, 0.717) is 23.9 Å². The van der Waals surface area contributed by atoms with Gasteiger partial charge < -0.3 is 9.88 Å². The molecule has 1 N–H and O–H groups in total. The zero-order chi connectivity index (χ0) is 24.9. The molecule has 0 aliphatic rings. The third kappa shape index (κ3) is 5.42. The zero-order valence-electron chi connectivity index (χ0n) is 20.9. The minimum Gasteiger partial charge on any atom is -0.346 e. The summed E-state index contributed by atoms with van der Waals surface area (Å²) in [4.78, 5) is 30.3. The maximum Gasteiger partial charge on any atom is 0.277 e. The summed E-state index contributed by atoms with van der Waals surface area (Å²) in [6.07, 6.45) is 2.76. The van der Waals surface area contributed by atoms with Crippen LogP contribution in [0.4, 0.5) is 0 Å². The molecule has 2 aromatic carbocycles. The molecule has 0 aliphatic heterocycles. The Morgan fingerprint density at radius 2 is 1.66 bits per heavy atom. The van der Waals surface area contributed by atoms with Crippen LogP contribution in [0, 0.1) is 5.92 Å². The number of benzene rings is 2. The van der Waals surface area contributed by atoms with E-state index in [-0.39, 0.29) is 29.5 Å². The first-order chi connectivity index (χ1) is 16.9. The summed E-state index contributed by atoms with van der Waals surface area (Å²) < 4.78 is 3.64. The van der Waals surface area contributed by atoms with Crippen LogP contribution in [0.3, 0.4) is 0 Å². The molecule has 1 atom stereocenters. The Balaban J connectivity index is 1.34. The number of para-hydroxylation sites is 2. The lowest BCUT2D eigenvalue weighted by molar-refractivity contribution is -0.122. The molecule has 0 unspecified atom stereocenters. The lowest BCUT2D eigenvalue weighted by Crippen LogP contribution is -2.33. The number of carbonyl (C=O) groups is 1. The Morgan fingerprint density at radius 1 is 0.943 bits per heavy atom. The Hall–Kier alpha value is -3.55. The summed E-state index contributed by atoms with van der Waals surface area (Å²) in [5.41, 5.74) is 2.52. The Labute approximate surface area is 205 Å². The number of fused-ring (bicyclic) bond motifs is 2. The third-order valence-electron chi connectivity index (χ3n) is 6.30. The minimum atomic E-state index is -0.163. The van der Waals surface area contributed by atoms with Crippen LogP contribution < -0.4 is 10.9 Å². The van der Waals surface area contributed by atoms with Crippen LogP contribution in [-0.2, 0) is 11.3 Å². The van der Waals surface area contributed by atoms with E-state index in [1.165, 1.54) is 4.68 Å². The molecular formula is C27H34N6O2. The summed E-state index contributed by atoms with van der Waals surface area (Å²) in [6.45, 7) is 8.99. The van der Waals surface area contributed by atoms with Crippen molar-refractivity contribution in [3.05, 3.63) is 64.7 Å². The minimum absolute atomic E-state index is 0.0220. The van der Waals surface area contributed by atoms with Crippen LogP contribution in [0.2, 0.25) is 0 Å². The van der Waals surface area contributed by atoms with E-state index >= 15 is 0 Å². The molecule has 0 spiro atoms. The highest BCUT2D eigenvalue weighted by Gasteiger charge is 2.25. The van der Waals surface area contributed by atoms with Crippen molar-refractivity contribution in [1.82, 2.24) is 29.9 Å². The molecule has 0 bridgehead atoms. The molecule has 8 nitrogen and oxygen atoms in total. The molecule has 2 aromatic heterocycles. The smallest absolute Gasteiger partial charge is 0.277 e. The number of hydrogen-bond donors (Lipinski definition) is 1. The van der Waals surface area contributed by atoms with Crippen molar-refractivity contribution in [1.29, 1.82) is 0 Å². The van der Waals surface area contributed by atoms with Gasteiger partial charge in [0, 0.05) is 19.0 Å². The first-order valence-electron chi connectivity index (χ1n) is 12.5. The Kier molecular flexibility index (Phi) is 7.58. The maximum absolute atomic E-state index is 12.8. The van der Waals surface area contributed by atoms with Gasteiger partial charge in [0.2, 0.25) is 5.91 Å². The average Bonchev–Trinajstić information content (AvgIpc) is 3.23. The number of unbranched alkanes of at least 4 members (excludes halogenated alkanes) is 2. The van der Waals surface area contributed by atoms with Crippen molar-refractivity contribution < 1.29 is 4.79 Å². The van der Waals surface area contributed by atoms with E-state index in [2.05, 4.69) is 54.0 Å². The SMILES string of the molecule is CC(C)[C@@H](NC(=O)CCCCCn1nnc2ccccc2c1=O)c1nc2ccccc2n1C(C)C. The van der Waals surface area contributed by atoms with Crippen LogP contribution in [0.25, 0.3) is 21.9 Å². The first-order valence-corrected chi connectivity index (χ1v) is 12.5. The number of amides is 1. The van der Waals surface area contributed by atoms with Gasteiger partial charge in [0.1, 0.15) is 11.3 Å². The Morgan fingerprint density at radius 3 is 2.40 bits per heavy atom. The van der Waals surface area contributed by atoms with Gasteiger partial charge >= 0.3 is 0 Å². The van der Waals surface area contributed by atoms with Crippen LogP contribution in [0.5, 0.6) is 0 Å². The van der Waals surface area contributed by atoms with Crippen molar-refractivity contribution in [2.75, 3.05) is 0 Å². The van der Waals surface area contributed by atoms with Crippen LogP contribution in [0.15, 0.2) is 53.3 Å². The number of hydrogen-bond acceptors (Lipinski definition) is 5. The van der Waals surface area contributed by atoms with E-state index < -0.39 is 0 Å². The normalized spacial score (nSPS) is 12.6. The van der Waals surface area contributed by atoms with Crippen LogP contribution >= 0.6 is 0 Å². The largest absolute Gasteiger partial charge is 0.346 e. The van der Waals surface area contributed by atoms with Crippen molar-refractivity contribution in [3.8, 4) is 0 Å². The molecule has 4 rings (SSSR count). The van der Waals surface area contributed by atoms with Crippen molar-refractivity contribution in [2.24, 2.45) is 5.92 Å². The first kappa shape index (κ1) is 24.6. The number of carbonyl (C=O) groups excluding carboxylic acids is 1. The monoisotopic (exact) mass is 474 g/mol. The summed E-state index contributed by atoms with van der Waals surface area (Å²) in [5.74, 6) is 1.12. The van der Waals surface area contributed by atoms with Crippen LogP contribution in [0.1, 0.15) is 71.3 Å². The number of rotatable bonds is 10. The predicted octanol–water partition coefficient (Wildman–Crippen LogP) is 4.80. The number of nitrogens with zero attached hydrogens (tertiary/aromatic N) is 5. The fourth-order valence-corrected chi connectivity index (χ4v) is 4.49. The lowest BCUT2D eigenvalue weighted by atomic mass is 10.0. The van der Waals surface area contributed by atoms with Crippen molar-refractivity contribution in [3.63, 3.8) is 0 Å². The summed E-state index contributed by atoms with van der Waals surface area (Å²) in [7, 11) is 0. The summed E-state index contributed by atoms with van der Waals surface area (Å²) >= 11 is 0. The van der Waals surface area contributed by atoms with Gasteiger partial charge in [-0.05, 0) is 56.9 Å². The Bertz CT molecular complexity index is 1370. The average molecular weight is 475 g/mol. The predicted molar refractivity (Wildman–Crippen MR) is 138 cm³/mol. The molecule has 0 saturated carbocycles. The topological polar surface area (TPSA) is 94.7 Å². The van der Waals surface area contributed by atoms with E-state index in [0.717, 1.165) is 36.1 Å². The quantitative estimate of drug-likeness (QED) is 0.333. The number of aryl methyl sites for hydroxylation is 1. The molecule has 2 heterocycles. The second kappa shape index (κ2) is 10.8. The van der Waals surface area contributed by atoms with Gasteiger partial charge in [0.15, 0.2) is 0 Å². The zero-order valence-corrected chi connectivity index (χ0v) is 20.9. The number of nitrogens with one attached hydrogen (secondary N) is 1.